The summed E-state index contributed by atoms with van der Waals surface area (Å²) in [6.45, 7) is -0.150. The topological polar surface area (TPSA) is 85.9 Å². The number of carbonyl (C=O) groups is 2. The molecule has 8 heteroatoms. The van der Waals surface area contributed by atoms with Gasteiger partial charge in [0.15, 0.2) is 5.65 Å². The zero-order chi connectivity index (χ0) is 14.7. The van der Waals surface area contributed by atoms with Crippen molar-refractivity contribution < 1.29 is 14.3 Å². The Labute approximate surface area is 114 Å². The highest BCUT2D eigenvalue weighted by atomic mass is 16.5. The molecule has 0 radical (unpaired) electrons. The van der Waals surface area contributed by atoms with E-state index in [0.29, 0.717) is 5.65 Å². The SMILES string of the molecule is COC(=O)CN(C)CC(=O)n1nc2ccccn2c1=O. The molecule has 0 aliphatic rings. The fourth-order valence-electron chi connectivity index (χ4n) is 1.73. The van der Waals surface area contributed by atoms with Crippen molar-refractivity contribution >= 4 is 17.5 Å². The second kappa shape index (κ2) is 5.66. The van der Waals surface area contributed by atoms with E-state index >= 15 is 0 Å². The molecule has 0 saturated heterocycles. The van der Waals surface area contributed by atoms with Crippen LogP contribution >= 0.6 is 0 Å². The van der Waals surface area contributed by atoms with Crippen LogP contribution in [0.2, 0.25) is 0 Å². The van der Waals surface area contributed by atoms with Gasteiger partial charge in [-0.25, -0.2) is 9.20 Å². The van der Waals surface area contributed by atoms with Gasteiger partial charge in [-0.1, -0.05) is 6.07 Å². The Kier molecular flexibility index (Phi) is 3.94. The second-order valence-electron chi connectivity index (χ2n) is 4.27. The van der Waals surface area contributed by atoms with Crippen molar-refractivity contribution in [3.8, 4) is 0 Å². The number of esters is 1. The second-order valence-corrected chi connectivity index (χ2v) is 4.27. The van der Waals surface area contributed by atoms with Gasteiger partial charge in [-0.3, -0.25) is 14.5 Å². The molecule has 0 aliphatic carbocycles. The minimum absolute atomic E-state index is 0.0373. The average molecular weight is 278 g/mol. The Morgan fingerprint density at radius 3 is 2.75 bits per heavy atom. The van der Waals surface area contributed by atoms with Crippen LogP contribution in [-0.2, 0) is 9.53 Å². The Balaban J connectivity index is 2.17. The summed E-state index contributed by atoms with van der Waals surface area (Å²) < 4.78 is 6.57. The molecule has 8 nitrogen and oxygen atoms in total. The lowest BCUT2D eigenvalue weighted by atomic mass is 10.5. The first kappa shape index (κ1) is 13.9. The van der Waals surface area contributed by atoms with Gasteiger partial charge in [0, 0.05) is 6.20 Å². The van der Waals surface area contributed by atoms with Crippen molar-refractivity contribution in [2.75, 3.05) is 27.2 Å². The fourth-order valence-corrected chi connectivity index (χ4v) is 1.73. The highest BCUT2D eigenvalue weighted by Crippen LogP contribution is 1.95. The summed E-state index contributed by atoms with van der Waals surface area (Å²) in [7, 11) is 2.85. The van der Waals surface area contributed by atoms with Crippen LogP contribution in [-0.4, -0.2) is 58.2 Å². The molecule has 0 amide bonds. The molecule has 2 rings (SSSR count). The number of methoxy groups -OCH3 is 1. The Morgan fingerprint density at radius 1 is 1.35 bits per heavy atom. The van der Waals surface area contributed by atoms with Gasteiger partial charge in [-0.15, -0.1) is 9.78 Å². The summed E-state index contributed by atoms with van der Waals surface area (Å²) in [4.78, 5) is 36.5. The third-order valence-electron chi connectivity index (χ3n) is 2.70. The molecule has 0 saturated carbocycles. The van der Waals surface area contributed by atoms with Crippen LogP contribution in [0.25, 0.3) is 5.65 Å². The lowest BCUT2D eigenvalue weighted by Gasteiger charge is -2.12. The van der Waals surface area contributed by atoms with Crippen LogP contribution in [0.15, 0.2) is 29.2 Å². The molecule has 0 aliphatic heterocycles. The molecule has 0 spiro atoms. The maximum Gasteiger partial charge on any atom is 0.357 e. The van der Waals surface area contributed by atoms with Gasteiger partial charge < -0.3 is 4.74 Å². The smallest absolute Gasteiger partial charge is 0.357 e. The van der Waals surface area contributed by atoms with E-state index in [1.165, 1.54) is 22.6 Å². The molecule has 20 heavy (non-hydrogen) atoms. The number of aromatic nitrogens is 3. The van der Waals surface area contributed by atoms with E-state index in [1.54, 1.807) is 25.2 Å². The predicted molar refractivity (Wildman–Crippen MR) is 69.6 cm³/mol. The van der Waals surface area contributed by atoms with Crippen LogP contribution in [0.5, 0.6) is 0 Å². The van der Waals surface area contributed by atoms with Crippen LogP contribution in [0.3, 0.4) is 0 Å². The van der Waals surface area contributed by atoms with E-state index in [4.69, 9.17) is 0 Å². The van der Waals surface area contributed by atoms with E-state index in [-0.39, 0.29) is 13.1 Å². The fraction of sp³-hybridized carbons (Fsp3) is 0.333. The van der Waals surface area contributed by atoms with E-state index < -0.39 is 17.6 Å². The van der Waals surface area contributed by atoms with Crippen LogP contribution < -0.4 is 5.69 Å². The van der Waals surface area contributed by atoms with E-state index in [1.807, 2.05) is 0 Å². The molecule has 0 bridgehead atoms. The number of carbonyl (C=O) groups excluding carboxylic acids is 2. The van der Waals surface area contributed by atoms with Gasteiger partial charge in [0.25, 0.3) is 5.91 Å². The van der Waals surface area contributed by atoms with E-state index in [2.05, 4.69) is 9.84 Å². The van der Waals surface area contributed by atoms with E-state index in [9.17, 15) is 14.4 Å². The lowest BCUT2D eigenvalue weighted by molar-refractivity contribution is -0.141. The first-order valence-corrected chi connectivity index (χ1v) is 5.88. The quantitative estimate of drug-likeness (QED) is 0.683. The predicted octanol–water partition coefficient (Wildman–Crippen LogP) is -0.759. The minimum Gasteiger partial charge on any atom is -0.468 e. The molecule has 0 fully saturated rings. The standard InChI is InChI=1S/C12H14N4O4/c1-14(8-11(18)20-2)7-10(17)16-12(19)15-6-4-3-5-9(15)13-16/h3-6H,7-8H2,1-2H3. The molecule has 2 heterocycles. The van der Waals surface area contributed by atoms with Crippen molar-refractivity contribution in [3.63, 3.8) is 0 Å². The Bertz CT molecular complexity index is 703. The zero-order valence-electron chi connectivity index (χ0n) is 11.1. The zero-order valence-corrected chi connectivity index (χ0v) is 11.1. The normalized spacial score (nSPS) is 10.9. The van der Waals surface area contributed by atoms with Crippen molar-refractivity contribution in [1.29, 1.82) is 0 Å². The first-order valence-electron chi connectivity index (χ1n) is 5.88. The number of fused-ring (bicyclic) bond motifs is 1. The molecule has 2 aromatic heterocycles. The van der Waals surface area contributed by atoms with Gasteiger partial charge in [0.1, 0.15) is 0 Å². The van der Waals surface area contributed by atoms with Crippen LogP contribution in [0.1, 0.15) is 4.79 Å². The summed E-state index contributed by atoms with van der Waals surface area (Å²) in [6.07, 6.45) is 1.53. The average Bonchev–Trinajstić information content (AvgIpc) is 2.76. The van der Waals surface area contributed by atoms with Crippen molar-refractivity contribution in [3.05, 3.63) is 34.9 Å². The molecular formula is C12H14N4O4. The van der Waals surface area contributed by atoms with Gasteiger partial charge in [0.2, 0.25) is 0 Å². The summed E-state index contributed by atoms with van der Waals surface area (Å²) >= 11 is 0. The number of ether oxygens (including phenoxy) is 1. The van der Waals surface area contributed by atoms with Gasteiger partial charge >= 0.3 is 11.7 Å². The molecule has 0 atom stereocenters. The molecule has 0 N–H and O–H groups in total. The Hall–Kier alpha value is -2.48. The Morgan fingerprint density at radius 2 is 2.10 bits per heavy atom. The van der Waals surface area contributed by atoms with Gasteiger partial charge in [-0.05, 0) is 19.2 Å². The third kappa shape index (κ3) is 2.75. The van der Waals surface area contributed by atoms with Crippen LogP contribution in [0.4, 0.5) is 0 Å². The maximum atomic E-state index is 12.0. The summed E-state index contributed by atoms with van der Waals surface area (Å²) in [5.74, 6) is -0.965. The number of pyridine rings is 1. The summed E-state index contributed by atoms with van der Waals surface area (Å²) in [5, 5.41) is 3.94. The third-order valence-corrected chi connectivity index (χ3v) is 2.70. The summed E-state index contributed by atoms with van der Waals surface area (Å²) in [6, 6.07) is 5.03. The van der Waals surface area contributed by atoms with Crippen molar-refractivity contribution in [1.82, 2.24) is 19.1 Å². The van der Waals surface area contributed by atoms with Crippen LogP contribution in [0, 0.1) is 0 Å². The molecular weight excluding hydrogens is 264 g/mol. The number of hydrogen-bond acceptors (Lipinski definition) is 6. The molecule has 2 aromatic rings. The molecule has 0 aromatic carbocycles. The number of rotatable bonds is 4. The highest BCUT2D eigenvalue weighted by Gasteiger charge is 2.16. The number of nitrogens with zero attached hydrogens (tertiary/aromatic N) is 4. The van der Waals surface area contributed by atoms with Gasteiger partial charge in [-0.2, -0.15) is 0 Å². The minimum atomic E-state index is -0.530. The lowest BCUT2D eigenvalue weighted by Crippen LogP contribution is -2.38. The van der Waals surface area contributed by atoms with E-state index in [0.717, 1.165) is 4.68 Å². The van der Waals surface area contributed by atoms with Gasteiger partial charge in [0.05, 0.1) is 20.2 Å². The monoisotopic (exact) mass is 278 g/mol. The first-order chi connectivity index (χ1) is 9.52. The number of likely N-dealkylation sites (N-methyl/N-ethyl adjacent to an activating group) is 1. The van der Waals surface area contributed by atoms with Crippen molar-refractivity contribution in [2.45, 2.75) is 0 Å². The number of hydrogen-bond donors (Lipinski definition) is 0. The molecule has 106 valence electrons. The van der Waals surface area contributed by atoms with Crippen molar-refractivity contribution in [2.24, 2.45) is 0 Å². The largest absolute Gasteiger partial charge is 0.468 e. The molecule has 0 unspecified atom stereocenters. The summed E-state index contributed by atoms with van der Waals surface area (Å²) in [5.41, 5.74) is -0.140. The maximum absolute atomic E-state index is 12.0. The highest BCUT2D eigenvalue weighted by molar-refractivity contribution is 5.81.